The molecule has 0 amide bonds. The molecule has 0 aromatic heterocycles. The summed E-state index contributed by atoms with van der Waals surface area (Å²) in [4.78, 5) is 2.36. The highest BCUT2D eigenvalue weighted by atomic mass is 15.2. The smallest absolute Gasteiger partial charge is 0.122 e. The molecule has 0 atom stereocenters. The molecule has 0 unspecified atom stereocenters. The zero-order valence-corrected chi connectivity index (χ0v) is 12.2. The Morgan fingerprint density at radius 1 is 1.39 bits per heavy atom. The number of nitrogens with one attached hydrogen (secondary N) is 1. The zero-order valence-electron chi connectivity index (χ0n) is 12.2. The largest absolute Gasteiger partial charge is 0.384 e. The normalized spacial score (nSPS) is 11.9. The summed E-state index contributed by atoms with van der Waals surface area (Å²) in [5.41, 5.74) is 8.99. The number of nitrogen functional groups attached to an aromatic ring is 1. The summed E-state index contributed by atoms with van der Waals surface area (Å²) in [7, 11) is 2.15. The second-order valence-corrected chi connectivity index (χ2v) is 5.58. The van der Waals surface area contributed by atoms with Crippen LogP contribution in [0.3, 0.4) is 0 Å². The summed E-state index contributed by atoms with van der Waals surface area (Å²) in [6, 6.07) is 6.00. The van der Waals surface area contributed by atoms with Crippen molar-refractivity contribution in [3.63, 3.8) is 0 Å². The Labute approximate surface area is 111 Å². The molecule has 0 spiro atoms. The first-order valence-corrected chi connectivity index (χ1v) is 6.43. The lowest BCUT2D eigenvalue weighted by Crippen LogP contribution is -2.39. The maximum atomic E-state index is 7.44. The van der Waals surface area contributed by atoms with Crippen LogP contribution in [0.2, 0.25) is 0 Å². The molecule has 1 aromatic rings. The highest BCUT2D eigenvalue weighted by Crippen LogP contribution is 2.21. The molecule has 100 valence electrons. The summed E-state index contributed by atoms with van der Waals surface area (Å²) in [6.45, 7) is 9.72. The van der Waals surface area contributed by atoms with Crippen LogP contribution in [-0.2, 0) is 6.54 Å². The number of benzene rings is 1. The third-order valence-electron chi connectivity index (χ3n) is 3.96. The van der Waals surface area contributed by atoms with Gasteiger partial charge in [0.05, 0.1) is 0 Å². The highest BCUT2D eigenvalue weighted by molar-refractivity contribution is 5.95. The van der Waals surface area contributed by atoms with Gasteiger partial charge in [0.1, 0.15) is 5.84 Å². The van der Waals surface area contributed by atoms with E-state index in [1.165, 1.54) is 11.1 Å². The number of nitrogens with zero attached hydrogens (tertiary/aromatic N) is 1. The molecule has 0 aliphatic carbocycles. The number of aryl methyl sites for hydroxylation is 1. The fourth-order valence-electron chi connectivity index (χ4n) is 1.78. The minimum Gasteiger partial charge on any atom is -0.384 e. The molecular formula is C15H25N3. The molecule has 0 aliphatic rings. The SMILES string of the molecule is CCC(C)(C)N(C)Cc1ccc(C(=N)N)cc1C. The van der Waals surface area contributed by atoms with Gasteiger partial charge in [-0.15, -0.1) is 0 Å². The standard InChI is InChI=1S/C15H25N3/c1-6-15(3,4)18(5)10-13-8-7-12(14(16)17)9-11(13)2/h7-9H,6,10H2,1-5H3,(H3,16,17). The predicted octanol–water partition coefficient (Wildman–Crippen LogP) is 2.90. The molecule has 0 saturated carbocycles. The first kappa shape index (κ1) is 14.7. The van der Waals surface area contributed by atoms with Gasteiger partial charge in [-0.25, -0.2) is 0 Å². The summed E-state index contributed by atoms with van der Waals surface area (Å²) in [6.07, 6.45) is 1.12. The van der Waals surface area contributed by atoms with E-state index >= 15 is 0 Å². The average molecular weight is 247 g/mol. The lowest BCUT2D eigenvalue weighted by molar-refractivity contribution is 0.143. The van der Waals surface area contributed by atoms with Crippen LogP contribution in [0.1, 0.15) is 43.9 Å². The molecule has 3 nitrogen and oxygen atoms in total. The lowest BCUT2D eigenvalue weighted by Gasteiger charge is -2.35. The van der Waals surface area contributed by atoms with Crippen LogP contribution >= 0.6 is 0 Å². The zero-order chi connectivity index (χ0) is 13.9. The van der Waals surface area contributed by atoms with E-state index in [0.717, 1.165) is 18.5 Å². The molecule has 0 aliphatic heterocycles. The fourth-order valence-corrected chi connectivity index (χ4v) is 1.78. The third-order valence-corrected chi connectivity index (χ3v) is 3.96. The molecule has 0 bridgehead atoms. The Kier molecular flexibility index (Phi) is 4.52. The van der Waals surface area contributed by atoms with E-state index in [-0.39, 0.29) is 11.4 Å². The van der Waals surface area contributed by atoms with Crippen molar-refractivity contribution in [2.45, 2.75) is 46.2 Å². The van der Waals surface area contributed by atoms with Crippen molar-refractivity contribution in [2.24, 2.45) is 5.73 Å². The van der Waals surface area contributed by atoms with Crippen molar-refractivity contribution in [2.75, 3.05) is 7.05 Å². The van der Waals surface area contributed by atoms with Crippen LogP contribution in [-0.4, -0.2) is 23.3 Å². The molecule has 0 heterocycles. The van der Waals surface area contributed by atoms with Crippen LogP contribution < -0.4 is 5.73 Å². The van der Waals surface area contributed by atoms with Gasteiger partial charge < -0.3 is 5.73 Å². The topological polar surface area (TPSA) is 53.1 Å². The number of hydrogen-bond donors (Lipinski definition) is 2. The molecule has 18 heavy (non-hydrogen) atoms. The van der Waals surface area contributed by atoms with Gasteiger partial charge >= 0.3 is 0 Å². The van der Waals surface area contributed by atoms with Gasteiger partial charge in [0.2, 0.25) is 0 Å². The van der Waals surface area contributed by atoms with E-state index in [0.29, 0.717) is 0 Å². The van der Waals surface area contributed by atoms with E-state index in [4.69, 9.17) is 11.1 Å². The summed E-state index contributed by atoms with van der Waals surface area (Å²) < 4.78 is 0. The maximum absolute atomic E-state index is 7.44. The van der Waals surface area contributed by atoms with Gasteiger partial charge in [-0.05, 0) is 51.4 Å². The minimum atomic E-state index is 0.131. The van der Waals surface area contributed by atoms with Crippen molar-refractivity contribution in [3.8, 4) is 0 Å². The first-order chi connectivity index (χ1) is 8.27. The summed E-state index contributed by atoms with van der Waals surface area (Å²) >= 11 is 0. The van der Waals surface area contributed by atoms with Crippen LogP contribution in [0.5, 0.6) is 0 Å². The molecule has 3 heteroatoms. The molecule has 0 saturated heterocycles. The molecule has 3 N–H and O–H groups in total. The summed E-state index contributed by atoms with van der Waals surface area (Å²) in [5.74, 6) is 0.131. The van der Waals surface area contributed by atoms with E-state index in [9.17, 15) is 0 Å². The molecule has 0 fully saturated rings. The monoisotopic (exact) mass is 247 g/mol. The Morgan fingerprint density at radius 2 is 2.00 bits per heavy atom. The quantitative estimate of drug-likeness (QED) is 0.621. The van der Waals surface area contributed by atoms with Crippen molar-refractivity contribution < 1.29 is 0 Å². The van der Waals surface area contributed by atoms with Gasteiger partial charge in [-0.3, -0.25) is 10.3 Å². The second-order valence-electron chi connectivity index (χ2n) is 5.58. The Morgan fingerprint density at radius 3 is 2.44 bits per heavy atom. The first-order valence-electron chi connectivity index (χ1n) is 6.43. The van der Waals surface area contributed by atoms with Crippen LogP contribution in [0.25, 0.3) is 0 Å². The number of rotatable bonds is 5. The highest BCUT2D eigenvalue weighted by Gasteiger charge is 2.21. The van der Waals surface area contributed by atoms with Gasteiger partial charge in [0, 0.05) is 17.6 Å². The fraction of sp³-hybridized carbons (Fsp3) is 0.533. The average Bonchev–Trinajstić information content (AvgIpc) is 2.31. The van der Waals surface area contributed by atoms with Crippen molar-refractivity contribution in [3.05, 3.63) is 34.9 Å². The van der Waals surface area contributed by atoms with Crippen LogP contribution in [0, 0.1) is 12.3 Å². The number of nitrogens with two attached hydrogens (primary N) is 1. The number of hydrogen-bond acceptors (Lipinski definition) is 2. The lowest BCUT2D eigenvalue weighted by atomic mass is 9.97. The third kappa shape index (κ3) is 3.33. The van der Waals surface area contributed by atoms with Crippen molar-refractivity contribution in [1.82, 2.24) is 4.90 Å². The molecular weight excluding hydrogens is 222 g/mol. The second kappa shape index (κ2) is 5.53. The number of amidine groups is 1. The maximum Gasteiger partial charge on any atom is 0.122 e. The molecule has 1 rings (SSSR count). The Bertz CT molecular complexity index is 435. The van der Waals surface area contributed by atoms with E-state index in [1.54, 1.807) is 0 Å². The van der Waals surface area contributed by atoms with Crippen molar-refractivity contribution >= 4 is 5.84 Å². The Balaban J connectivity index is 2.89. The van der Waals surface area contributed by atoms with Gasteiger partial charge in [0.15, 0.2) is 0 Å². The van der Waals surface area contributed by atoms with Gasteiger partial charge in [-0.1, -0.05) is 19.1 Å². The minimum absolute atomic E-state index is 0.131. The molecule has 0 radical (unpaired) electrons. The van der Waals surface area contributed by atoms with Crippen LogP contribution in [0.4, 0.5) is 0 Å². The van der Waals surface area contributed by atoms with Gasteiger partial charge in [-0.2, -0.15) is 0 Å². The molecule has 1 aromatic carbocycles. The van der Waals surface area contributed by atoms with E-state index < -0.39 is 0 Å². The van der Waals surface area contributed by atoms with E-state index in [2.05, 4.69) is 45.7 Å². The van der Waals surface area contributed by atoms with E-state index in [1.807, 2.05) is 12.1 Å². The van der Waals surface area contributed by atoms with Gasteiger partial charge in [0.25, 0.3) is 0 Å². The van der Waals surface area contributed by atoms with Crippen LogP contribution in [0.15, 0.2) is 18.2 Å². The summed E-state index contributed by atoms with van der Waals surface area (Å²) in [5, 5.41) is 7.44. The van der Waals surface area contributed by atoms with Crippen molar-refractivity contribution in [1.29, 1.82) is 5.41 Å². The predicted molar refractivity (Wildman–Crippen MR) is 78.0 cm³/mol. The Hall–Kier alpha value is -1.35.